The van der Waals surface area contributed by atoms with Crippen LogP contribution in [-0.4, -0.2) is 0 Å². The number of rotatable bonds is 4. The van der Waals surface area contributed by atoms with Gasteiger partial charge in [0.05, 0.1) is 5.56 Å². The summed E-state index contributed by atoms with van der Waals surface area (Å²) in [4.78, 5) is 0. The molecular formula is C21H12F8O. The zero-order valence-electron chi connectivity index (χ0n) is 15.1. The minimum Gasteiger partial charge on any atom is -0.429 e. The van der Waals surface area contributed by atoms with E-state index in [1.54, 1.807) is 0 Å². The van der Waals surface area contributed by atoms with Crippen LogP contribution in [0, 0.1) is 24.4 Å². The van der Waals surface area contributed by atoms with E-state index < -0.39 is 46.6 Å². The molecule has 0 fully saturated rings. The number of ether oxygens (including phenoxy) is 1. The van der Waals surface area contributed by atoms with E-state index in [-0.39, 0.29) is 16.7 Å². The normalized spacial score (nSPS) is 12.2. The van der Waals surface area contributed by atoms with Gasteiger partial charge in [-0.1, -0.05) is 18.2 Å². The molecule has 30 heavy (non-hydrogen) atoms. The lowest BCUT2D eigenvalue weighted by atomic mass is 10.0. The molecule has 0 spiro atoms. The van der Waals surface area contributed by atoms with E-state index in [1.165, 1.54) is 6.92 Å². The van der Waals surface area contributed by atoms with Crippen LogP contribution in [0.4, 0.5) is 35.1 Å². The highest BCUT2D eigenvalue weighted by Gasteiger charge is 2.39. The third-order valence-electron chi connectivity index (χ3n) is 4.30. The zero-order valence-corrected chi connectivity index (χ0v) is 15.1. The fraction of sp³-hybridized carbons (Fsp3) is 0.143. The number of halogens is 8. The molecule has 0 aliphatic rings. The number of benzene rings is 3. The van der Waals surface area contributed by atoms with E-state index in [0.29, 0.717) is 12.1 Å². The van der Waals surface area contributed by atoms with Gasteiger partial charge in [-0.05, 0) is 48.4 Å². The van der Waals surface area contributed by atoms with E-state index >= 15 is 0 Å². The molecule has 9 heteroatoms. The van der Waals surface area contributed by atoms with Crippen molar-refractivity contribution in [3.63, 3.8) is 0 Å². The number of alkyl halides is 5. The van der Waals surface area contributed by atoms with Crippen LogP contribution in [0.2, 0.25) is 0 Å². The molecule has 3 aromatic carbocycles. The first-order valence-electron chi connectivity index (χ1n) is 8.39. The second-order valence-corrected chi connectivity index (χ2v) is 6.39. The lowest BCUT2D eigenvalue weighted by Gasteiger charge is -2.20. The summed E-state index contributed by atoms with van der Waals surface area (Å²) in [6, 6.07) is 7.69. The van der Waals surface area contributed by atoms with Crippen molar-refractivity contribution in [2.45, 2.75) is 19.2 Å². The van der Waals surface area contributed by atoms with Gasteiger partial charge in [0.15, 0.2) is 11.6 Å². The summed E-state index contributed by atoms with van der Waals surface area (Å²) in [7, 11) is 0. The van der Waals surface area contributed by atoms with Gasteiger partial charge in [-0.15, -0.1) is 0 Å². The fourth-order valence-corrected chi connectivity index (χ4v) is 2.71. The van der Waals surface area contributed by atoms with Gasteiger partial charge >= 0.3 is 12.3 Å². The molecule has 0 heterocycles. The average Bonchev–Trinajstić information content (AvgIpc) is 2.65. The van der Waals surface area contributed by atoms with Crippen molar-refractivity contribution in [3.8, 4) is 16.9 Å². The Hall–Kier alpha value is -3.10. The van der Waals surface area contributed by atoms with E-state index in [1.807, 2.05) is 0 Å². The molecule has 0 saturated carbocycles. The quantitative estimate of drug-likeness (QED) is 0.396. The summed E-state index contributed by atoms with van der Waals surface area (Å²) < 4.78 is 113. The van der Waals surface area contributed by atoms with Crippen molar-refractivity contribution in [2.24, 2.45) is 0 Å². The lowest BCUT2D eigenvalue weighted by Crippen LogP contribution is -2.24. The second kappa shape index (κ2) is 7.62. The molecule has 0 amide bonds. The van der Waals surface area contributed by atoms with Gasteiger partial charge in [0.25, 0.3) is 0 Å². The Morgan fingerprint density at radius 1 is 0.733 bits per heavy atom. The van der Waals surface area contributed by atoms with Crippen LogP contribution in [0.25, 0.3) is 11.1 Å². The van der Waals surface area contributed by atoms with Crippen LogP contribution in [0.15, 0.2) is 54.6 Å². The average molecular weight is 432 g/mol. The molecule has 0 aliphatic carbocycles. The third-order valence-corrected chi connectivity index (χ3v) is 4.30. The summed E-state index contributed by atoms with van der Waals surface area (Å²) >= 11 is 0. The molecular weight excluding hydrogens is 420 g/mol. The Bertz CT molecular complexity index is 1070. The number of hydrogen-bond acceptors (Lipinski definition) is 1. The maximum atomic E-state index is 14.4. The summed E-state index contributed by atoms with van der Waals surface area (Å²) in [5, 5.41) is 0. The number of aryl methyl sites for hydroxylation is 1. The highest BCUT2D eigenvalue weighted by atomic mass is 19.4. The second-order valence-electron chi connectivity index (χ2n) is 6.39. The Kier molecular flexibility index (Phi) is 5.49. The molecule has 0 unspecified atom stereocenters. The molecule has 0 atom stereocenters. The van der Waals surface area contributed by atoms with Gasteiger partial charge in [0, 0.05) is 11.6 Å². The Balaban J connectivity index is 1.87. The highest BCUT2D eigenvalue weighted by molar-refractivity contribution is 5.65. The van der Waals surface area contributed by atoms with Gasteiger partial charge in [-0.2, -0.15) is 22.0 Å². The molecule has 0 aromatic heterocycles. The van der Waals surface area contributed by atoms with Crippen LogP contribution >= 0.6 is 0 Å². The zero-order chi connectivity index (χ0) is 22.3. The van der Waals surface area contributed by atoms with E-state index in [0.717, 1.165) is 42.5 Å². The molecule has 0 aliphatic heterocycles. The first-order valence-corrected chi connectivity index (χ1v) is 8.39. The largest absolute Gasteiger partial charge is 0.429 e. The van der Waals surface area contributed by atoms with Crippen molar-refractivity contribution in [1.29, 1.82) is 0 Å². The minimum absolute atomic E-state index is 0.0745. The summed E-state index contributed by atoms with van der Waals surface area (Å²) in [5.41, 5.74) is -2.56. The van der Waals surface area contributed by atoms with Crippen molar-refractivity contribution >= 4 is 0 Å². The predicted octanol–water partition coefficient (Wildman–Crippen LogP) is 7.23. The standard InChI is InChI=1S/C21H12F8O/c1-11-2-9-16(19(24)18(11)23)21(28,29)30-14-7-8-15(17(22)10-14)12-3-5-13(6-4-12)20(25,26)27/h2-10H,1H3. The summed E-state index contributed by atoms with van der Waals surface area (Å²) in [6.07, 6.45) is -8.87. The van der Waals surface area contributed by atoms with Gasteiger partial charge in [0.1, 0.15) is 17.1 Å². The summed E-state index contributed by atoms with van der Waals surface area (Å²) in [5.74, 6) is -4.99. The van der Waals surface area contributed by atoms with Crippen LogP contribution < -0.4 is 4.74 Å². The number of hydrogen-bond donors (Lipinski definition) is 0. The summed E-state index contributed by atoms with van der Waals surface area (Å²) in [6.45, 7) is 1.19. The van der Waals surface area contributed by atoms with Gasteiger partial charge < -0.3 is 4.74 Å². The molecule has 3 rings (SSSR count). The van der Waals surface area contributed by atoms with Crippen LogP contribution in [0.1, 0.15) is 16.7 Å². The van der Waals surface area contributed by atoms with Crippen molar-refractivity contribution in [2.75, 3.05) is 0 Å². The topological polar surface area (TPSA) is 9.23 Å². The smallest absolute Gasteiger partial charge is 0.429 e. The van der Waals surface area contributed by atoms with Crippen molar-refractivity contribution in [1.82, 2.24) is 0 Å². The Morgan fingerprint density at radius 2 is 1.37 bits per heavy atom. The van der Waals surface area contributed by atoms with E-state index in [9.17, 15) is 35.1 Å². The monoisotopic (exact) mass is 432 g/mol. The molecule has 0 N–H and O–H groups in total. The highest BCUT2D eigenvalue weighted by Crippen LogP contribution is 2.36. The first kappa shape index (κ1) is 21.6. The SMILES string of the molecule is Cc1ccc(C(F)(F)Oc2ccc(-c3ccc(C(F)(F)F)cc3)c(F)c2)c(F)c1F. The molecule has 158 valence electrons. The Labute approximate surface area is 165 Å². The van der Waals surface area contributed by atoms with Gasteiger partial charge in [-0.25, -0.2) is 13.2 Å². The lowest BCUT2D eigenvalue weighted by molar-refractivity contribution is -0.187. The maximum Gasteiger partial charge on any atom is 0.429 e. The minimum atomic E-state index is -4.56. The van der Waals surface area contributed by atoms with E-state index in [2.05, 4.69) is 4.74 Å². The third kappa shape index (κ3) is 4.24. The van der Waals surface area contributed by atoms with Crippen molar-refractivity contribution < 1.29 is 39.9 Å². The maximum absolute atomic E-state index is 14.4. The molecule has 3 aromatic rings. The molecule has 0 saturated heterocycles. The fourth-order valence-electron chi connectivity index (χ4n) is 2.71. The predicted molar refractivity (Wildman–Crippen MR) is 92.5 cm³/mol. The molecule has 1 nitrogen and oxygen atoms in total. The molecule has 0 bridgehead atoms. The molecule has 0 radical (unpaired) electrons. The first-order chi connectivity index (χ1) is 13.9. The van der Waals surface area contributed by atoms with Crippen LogP contribution in [-0.2, 0) is 12.3 Å². The van der Waals surface area contributed by atoms with Crippen molar-refractivity contribution in [3.05, 3.63) is 88.7 Å². The van der Waals surface area contributed by atoms with Gasteiger partial charge in [0.2, 0.25) is 0 Å². The van der Waals surface area contributed by atoms with Crippen LogP contribution in [0.5, 0.6) is 5.75 Å². The van der Waals surface area contributed by atoms with Gasteiger partial charge in [-0.3, -0.25) is 0 Å². The Morgan fingerprint density at radius 3 is 1.93 bits per heavy atom. The van der Waals surface area contributed by atoms with Crippen LogP contribution in [0.3, 0.4) is 0 Å². The van der Waals surface area contributed by atoms with E-state index in [4.69, 9.17) is 0 Å².